The maximum atomic E-state index is 13.5. The molecule has 0 radical (unpaired) electrons. The molecule has 120 valence electrons. The third kappa shape index (κ3) is 2.07. The summed E-state index contributed by atoms with van der Waals surface area (Å²) in [5, 5.41) is 1.72. The van der Waals surface area contributed by atoms with Crippen LogP contribution in [0.15, 0.2) is 36.5 Å². The molecule has 5 nitrogen and oxygen atoms in total. The molecule has 2 heterocycles. The monoisotopic (exact) mass is 341 g/mol. The minimum Gasteiger partial charge on any atom is -0.383 e. The Morgan fingerprint density at radius 1 is 1.12 bits per heavy atom. The molecule has 4 rings (SSSR count). The van der Waals surface area contributed by atoms with Gasteiger partial charge >= 0.3 is 0 Å². The van der Waals surface area contributed by atoms with Gasteiger partial charge < -0.3 is 16.0 Å². The first-order chi connectivity index (χ1) is 11.5. The standard InChI is InChI=1S/C17H13ClFN5/c1-24-5-4-9-14-13(22-17(21)23-16(14)20)7-10(15(9)24)8-2-3-12(19)11(18)6-8/h2-7H,1H3,(H4,20,21,22,23). The van der Waals surface area contributed by atoms with Gasteiger partial charge in [-0.15, -0.1) is 0 Å². The molecule has 4 aromatic rings. The number of halogens is 2. The highest BCUT2D eigenvalue weighted by Gasteiger charge is 2.16. The number of rotatable bonds is 1. The number of aromatic nitrogens is 3. The van der Waals surface area contributed by atoms with Gasteiger partial charge in [0.1, 0.15) is 11.6 Å². The zero-order valence-corrected chi connectivity index (χ0v) is 13.5. The number of fused-ring (bicyclic) bond motifs is 3. The van der Waals surface area contributed by atoms with Crippen molar-refractivity contribution in [3.63, 3.8) is 0 Å². The maximum Gasteiger partial charge on any atom is 0.222 e. The summed E-state index contributed by atoms with van der Waals surface area (Å²) in [5.41, 5.74) is 15.0. The molecule has 0 saturated heterocycles. The van der Waals surface area contributed by atoms with E-state index in [1.165, 1.54) is 6.07 Å². The number of hydrogen-bond acceptors (Lipinski definition) is 4. The van der Waals surface area contributed by atoms with Crippen molar-refractivity contribution < 1.29 is 4.39 Å². The van der Waals surface area contributed by atoms with Crippen LogP contribution in [-0.4, -0.2) is 14.5 Å². The Balaban J connectivity index is 2.17. The fraction of sp³-hybridized carbons (Fsp3) is 0.0588. The fourth-order valence-corrected chi connectivity index (χ4v) is 3.23. The van der Waals surface area contributed by atoms with Crippen molar-refractivity contribution in [1.82, 2.24) is 14.5 Å². The first-order valence-corrected chi connectivity index (χ1v) is 7.59. The van der Waals surface area contributed by atoms with E-state index >= 15 is 0 Å². The molecule has 0 fully saturated rings. The van der Waals surface area contributed by atoms with Gasteiger partial charge in [0, 0.05) is 24.2 Å². The van der Waals surface area contributed by atoms with Gasteiger partial charge in [0.2, 0.25) is 5.95 Å². The molecule has 0 bridgehead atoms. The Bertz CT molecular complexity index is 1120. The van der Waals surface area contributed by atoms with E-state index in [0.29, 0.717) is 11.3 Å². The summed E-state index contributed by atoms with van der Waals surface area (Å²) < 4.78 is 15.5. The molecular weight excluding hydrogens is 329 g/mol. The van der Waals surface area contributed by atoms with E-state index in [9.17, 15) is 4.39 Å². The summed E-state index contributed by atoms with van der Waals surface area (Å²) in [7, 11) is 1.93. The summed E-state index contributed by atoms with van der Waals surface area (Å²) in [6, 6.07) is 8.44. The Kier molecular flexibility index (Phi) is 3.11. The summed E-state index contributed by atoms with van der Waals surface area (Å²) in [6.07, 6.45) is 1.93. The van der Waals surface area contributed by atoms with Crippen LogP contribution in [0.5, 0.6) is 0 Å². The van der Waals surface area contributed by atoms with Crippen LogP contribution < -0.4 is 11.5 Å². The van der Waals surface area contributed by atoms with Gasteiger partial charge in [-0.3, -0.25) is 0 Å². The number of nitrogens with two attached hydrogens (primary N) is 2. The molecule has 4 N–H and O–H groups in total. The fourth-order valence-electron chi connectivity index (χ4n) is 3.05. The molecule has 2 aromatic heterocycles. The molecule has 0 aliphatic heterocycles. The number of nitrogens with zero attached hydrogens (tertiary/aromatic N) is 3. The second-order valence-corrected chi connectivity index (χ2v) is 6.01. The second-order valence-electron chi connectivity index (χ2n) is 5.60. The summed E-state index contributed by atoms with van der Waals surface area (Å²) in [6.45, 7) is 0. The quantitative estimate of drug-likeness (QED) is 0.552. The highest BCUT2D eigenvalue weighted by molar-refractivity contribution is 6.31. The number of hydrogen-bond donors (Lipinski definition) is 2. The van der Waals surface area contributed by atoms with Crippen LogP contribution in [0.4, 0.5) is 16.2 Å². The Morgan fingerprint density at radius 3 is 2.67 bits per heavy atom. The van der Waals surface area contributed by atoms with Crippen LogP contribution in [0.25, 0.3) is 32.9 Å². The Morgan fingerprint density at radius 2 is 1.92 bits per heavy atom. The van der Waals surface area contributed by atoms with E-state index in [1.807, 2.05) is 29.9 Å². The van der Waals surface area contributed by atoms with Crippen molar-refractivity contribution in [3.8, 4) is 11.1 Å². The number of aryl methyl sites for hydroxylation is 1. The van der Waals surface area contributed by atoms with E-state index in [4.69, 9.17) is 23.1 Å². The van der Waals surface area contributed by atoms with Crippen LogP contribution in [0.2, 0.25) is 5.02 Å². The van der Waals surface area contributed by atoms with Gasteiger partial charge in [-0.05, 0) is 29.8 Å². The molecular formula is C17H13ClFN5. The first kappa shape index (κ1) is 14.7. The van der Waals surface area contributed by atoms with Gasteiger partial charge in [-0.25, -0.2) is 9.37 Å². The van der Waals surface area contributed by atoms with Crippen LogP contribution in [0, 0.1) is 5.82 Å². The molecule has 0 aliphatic carbocycles. The summed E-state index contributed by atoms with van der Waals surface area (Å²) >= 11 is 5.95. The zero-order chi connectivity index (χ0) is 17.0. The van der Waals surface area contributed by atoms with Crippen molar-refractivity contribution in [2.75, 3.05) is 11.5 Å². The average Bonchev–Trinajstić information content (AvgIpc) is 2.90. The maximum absolute atomic E-state index is 13.5. The van der Waals surface area contributed by atoms with E-state index < -0.39 is 5.82 Å². The highest BCUT2D eigenvalue weighted by atomic mass is 35.5. The van der Waals surface area contributed by atoms with E-state index in [1.54, 1.807) is 12.1 Å². The SMILES string of the molecule is Cn1ccc2c3c(N)nc(N)nc3cc(-c3ccc(F)c(Cl)c3)c21. The molecule has 0 atom stereocenters. The molecule has 2 aromatic carbocycles. The van der Waals surface area contributed by atoms with Gasteiger partial charge in [0.25, 0.3) is 0 Å². The number of anilines is 2. The van der Waals surface area contributed by atoms with E-state index in [-0.39, 0.29) is 11.0 Å². The number of benzene rings is 2. The molecule has 0 aliphatic rings. The van der Waals surface area contributed by atoms with Crippen molar-refractivity contribution in [1.29, 1.82) is 0 Å². The number of nitrogen functional groups attached to an aromatic ring is 2. The van der Waals surface area contributed by atoms with Crippen molar-refractivity contribution in [2.24, 2.45) is 7.05 Å². The van der Waals surface area contributed by atoms with Gasteiger partial charge in [-0.1, -0.05) is 17.7 Å². The van der Waals surface area contributed by atoms with Crippen molar-refractivity contribution >= 4 is 45.2 Å². The van der Waals surface area contributed by atoms with Gasteiger partial charge in [0.15, 0.2) is 0 Å². The minimum atomic E-state index is -0.458. The second kappa shape index (κ2) is 5.07. The molecule has 0 spiro atoms. The first-order valence-electron chi connectivity index (χ1n) is 7.22. The lowest BCUT2D eigenvalue weighted by Gasteiger charge is -2.11. The molecule has 24 heavy (non-hydrogen) atoms. The average molecular weight is 342 g/mol. The molecule has 0 saturated carbocycles. The van der Waals surface area contributed by atoms with Crippen LogP contribution in [0.3, 0.4) is 0 Å². The van der Waals surface area contributed by atoms with Crippen molar-refractivity contribution in [2.45, 2.75) is 0 Å². The van der Waals surface area contributed by atoms with Gasteiger partial charge in [0.05, 0.1) is 21.4 Å². The summed E-state index contributed by atoms with van der Waals surface area (Å²) in [4.78, 5) is 8.35. The lowest BCUT2D eigenvalue weighted by atomic mass is 9.99. The van der Waals surface area contributed by atoms with E-state index in [2.05, 4.69) is 9.97 Å². The predicted octanol–water partition coefficient (Wildman–Crippen LogP) is 3.75. The third-order valence-electron chi connectivity index (χ3n) is 4.09. The molecule has 0 amide bonds. The van der Waals surface area contributed by atoms with E-state index in [0.717, 1.165) is 27.4 Å². The largest absolute Gasteiger partial charge is 0.383 e. The molecule has 7 heteroatoms. The van der Waals surface area contributed by atoms with Crippen molar-refractivity contribution in [3.05, 3.63) is 47.4 Å². The third-order valence-corrected chi connectivity index (χ3v) is 4.38. The van der Waals surface area contributed by atoms with Crippen LogP contribution in [0.1, 0.15) is 0 Å². The highest BCUT2D eigenvalue weighted by Crippen LogP contribution is 2.37. The lowest BCUT2D eigenvalue weighted by Crippen LogP contribution is -2.01. The minimum absolute atomic E-state index is 0.0664. The normalized spacial score (nSPS) is 11.5. The zero-order valence-electron chi connectivity index (χ0n) is 12.7. The Labute approximate surface area is 141 Å². The summed E-state index contributed by atoms with van der Waals surface area (Å²) in [5.74, 6) is -0.0177. The van der Waals surface area contributed by atoms with Gasteiger partial charge in [-0.2, -0.15) is 4.98 Å². The predicted molar refractivity (Wildman–Crippen MR) is 95.2 cm³/mol. The lowest BCUT2D eigenvalue weighted by molar-refractivity contribution is 0.628. The smallest absolute Gasteiger partial charge is 0.222 e. The van der Waals surface area contributed by atoms with Crippen LogP contribution in [-0.2, 0) is 7.05 Å². The Hall–Kier alpha value is -2.86. The molecule has 0 unspecified atom stereocenters. The topological polar surface area (TPSA) is 82.8 Å². The van der Waals surface area contributed by atoms with Crippen LogP contribution >= 0.6 is 11.6 Å².